The van der Waals surface area contributed by atoms with Crippen LogP contribution in [-0.2, 0) is 7.05 Å². The van der Waals surface area contributed by atoms with E-state index < -0.39 is 0 Å². The lowest BCUT2D eigenvalue weighted by Crippen LogP contribution is -2.13. The number of pyridine rings is 1. The molecule has 0 spiro atoms. The van der Waals surface area contributed by atoms with Crippen LogP contribution in [0.2, 0.25) is 0 Å². The number of rotatable bonds is 4. The Morgan fingerprint density at radius 3 is 2.70 bits per heavy atom. The lowest BCUT2D eigenvalue weighted by molar-refractivity contribution is 0.100. The largest absolute Gasteiger partial charge is 0.298 e. The third kappa shape index (κ3) is 3.15. The summed E-state index contributed by atoms with van der Waals surface area (Å²) in [5, 5.41) is 11.9. The van der Waals surface area contributed by atoms with Crippen molar-refractivity contribution < 1.29 is 9.59 Å². The molecule has 7 nitrogen and oxygen atoms in total. The zero-order valence-electron chi connectivity index (χ0n) is 14.8. The minimum Gasteiger partial charge on any atom is -0.298 e. The van der Waals surface area contributed by atoms with Gasteiger partial charge in [0, 0.05) is 19.4 Å². The molecule has 136 valence electrons. The van der Waals surface area contributed by atoms with Gasteiger partial charge in [0.25, 0.3) is 5.91 Å². The second-order valence-electron chi connectivity index (χ2n) is 5.99. The van der Waals surface area contributed by atoms with E-state index in [2.05, 4.69) is 20.4 Å². The summed E-state index contributed by atoms with van der Waals surface area (Å²) in [5.41, 5.74) is 2.91. The van der Waals surface area contributed by atoms with E-state index in [0.717, 1.165) is 10.6 Å². The predicted octanol–water partition coefficient (Wildman–Crippen LogP) is 3.92. The van der Waals surface area contributed by atoms with E-state index in [1.54, 1.807) is 27.5 Å². The highest BCUT2D eigenvalue weighted by atomic mass is 32.1. The van der Waals surface area contributed by atoms with Crippen LogP contribution in [0.3, 0.4) is 0 Å². The quantitative estimate of drug-likeness (QED) is 0.527. The normalized spacial score (nSPS) is 11.1. The number of hydrogen-bond donors (Lipinski definition) is 1. The van der Waals surface area contributed by atoms with Gasteiger partial charge >= 0.3 is 0 Å². The summed E-state index contributed by atoms with van der Waals surface area (Å²) in [6.07, 6.45) is 0. The van der Waals surface area contributed by atoms with Crippen molar-refractivity contribution in [3.05, 3.63) is 45.9 Å². The highest BCUT2D eigenvalue weighted by molar-refractivity contribution is 7.14. The van der Waals surface area contributed by atoms with Crippen molar-refractivity contribution >= 4 is 50.5 Å². The molecule has 1 N–H and O–H groups in total. The molecule has 0 aromatic carbocycles. The number of nitrogens with zero attached hydrogens (tertiary/aromatic N) is 4. The average molecular weight is 397 g/mol. The summed E-state index contributed by atoms with van der Waals surface area (Å²) in [6, 6.07) is 5.68. The van der Waals surface area contributed by atoms with Gasteiger partial charge in [-0.3, -0.25) is 19.6 Å². The van der Waals surface area contributed by atoms with E-state index in [9.17, 15) is 9.59 Å². The fraction of sp³-hybridized carbons (Fsp3) is 0.167. The molecule has 0 radical (unpaired) electrons. The van der Waals surface area contributed by atoms with Crippen LogP contribution in [-0.4, -0.2) is 31.4 Å². The molecular weight excluding hydrogens is 382 g/mol. The third-order valence-electron chi connectivity index (χ3n) is 4.07. The molecule has 4 aromatic heterocycles. The molecule has 0 saturated carbocycles. The second-order valence-corrected chi connectivity index (χ2v) is 7.79. The Balaban J connectivity index is 1.81. The van der Waals surface area contributed by atoms with Crippen LogP contribution in [0.4, 0.5) is 5.13 Å². The van der Waals surface area contributed by atoms with Gasteiger partial charge in [-0.1, -0.05) is 6.07 Å². The predicted molar refractivity (Wildman–Crippen MR) is 107 cm³/mol. The van der Waals surface area contributed by atoms with Crippen molar-refractivity contribution in [2.24, 2.45) is 7.05 Å². The topological polar surface area (TPSA) is 89.8 Å². The molecule has 27 heavy (non-hydrogen) atoms. The van der Waals surface area contributed by atoms with Crippen molar-refractivity contribution in [2.45, 2.75) is 13.8 Å². The van der Waals surface area contributed by atoms with Crippen LogP contribution in [0.25, 0.3) is 21.6 Å². The lowest BCUT2D eigenvalue weighted by atomic mass is 10.1. The molecule has 4 aromatic rings. The number of thiazole rings is 1. The maximum Gasteiger partial charge on any atom is 0.258 e. The maximum atomic E-state index is 13.0. The van der Waals surface area contributed by atoms with E-state index in [1.165, 1.54) is 18.3 Å². The van der Waals surface area contributed by atoms with Crippen molar-refractivity contribution in [3.63, 3.8) is 0 Å². The van der Waals surface area contributed by atoms with Gasteiger partial charge in [0.2, 0.25) is 0 Å². The second kappa shape index (κ2) is 6.67. The number of anilines is 1. The summed E-state index contributed by atoms with van der Waals surface area (Å²) in [4.78, 5) is 34.2. The summed E-state index contributed by atoms with van der Waals surface area (Å²) in [6.45, 7) is 3.29. The van der Waals surface area contributed by atoms with Crippen LogP contribution in [0.5, 0.6) is 0 Å². The number of thiophene rings is 1. The first-order valence-corrected chi connectivity index (χ1v) is 9.86. The lowest BCUT2D eigenvalue weighted by Gasteiger charge is -2.07. The number of nitrogens with one attached hydrogen (secondary N) is 1. The van der Waals surface area contributed by atoms with Gasteiger partial charge in [-0.05, 0) is 24.4 Å². The molecule has 0 unspecified atom stereocenters. The zero-order valence-corrected chi connectivity index (χ0v) is 16.4. The van der Waals surface area contributed by atoms with Crippen molar-refractivity contribution in [1.82, 2.24) is 19.7 Å². The highest BCUT2D eigenvalue weighted by Gasteiger charge is 2.20. The summed E-state index contributed by atoms with van der Waals surface area (Å²) >= 11 is 2.78. The molecule has 0 fully saturated rings. The molecule has 1 amide bonds. The standard InChI is InChI=1S/C18H15N5O2S2/c1-9-15-11(17(25)21-18-20-13(8-27-18)10(2)24)7-12(14-5-4-6-26-14)19-16(15)23(3)22-9/h4-8H,1-3H3,(H,20,21,25). The van der Waals surface area contributed by atoms with Crippen LogP contribution in [0, 0.1) is 6.92 Å². The summed E-state index contributed by atoms with van der Waals surface area (Å²) < 4.78 is 1.68. The van der Waals surface area contributed by atoms with Gasteiger partial charge < -0.3 is 0 Å². The smallest absolute Gasteiger partial charge is 0.258 e. The number of fused-ring (bicyclic) bond motifs is 1. The Hall–Kier alpha value is -2.91. The van der Waals surface area contributed by atoms with Crippen LogP contribution < -0.4 is 5.32 Å². The van der Waals surface area contributed by atoms with Gasteiger partial charge in [0.1, 0.15) is 5.69 Å². The number of carbonyl (C=O) groups excluding carboxylic acids is 2. The van der Waals surface area contributed by atoms with Crippen molar-refractivity contribution in [2.75, 3.05) is 5.32 Å². The monoisotopic (exact) mass is 397 g/mol. The molecule has 0 aliphatic rings. The van der Waals surface area contributed by atoms with Gasteiger partial charge in [0.05, 0.1) is 27.2 Å². The summed E-state index contributed by atoms with van der Waals surface area (Å²) in [5.74, 6) is -0.443. The fourth-order valence-corrected chi connectivity index (χ4v) is 4.26. The summed E-state index contributed by atoms with van der Waals surface area (Å²) in [7, 11) is 1.81. The van der Waals surface area contributed by atoms with Crippen LogP contribution >= 0.6 is 22.7 Å². The number of carbonyl (C=O) groups is 2. The number of aromatic nitrogens is 4. The molecule has 0 saturated heterocycles. The van der Waals surface area contributed by atoms with Gasteiger partial charge in [-0.25, -0.2) is 9.97 Å². The average Bonchev–Trinajstić information content (AvgIpc) is 3.36. The van der Waals surface area contributed by atoms with E-state index in [0.29, 0.717) is 33.1 Å². The number of Topliss-reactive ketones (excluding diaryl/α,β-unsaturated/α-hetero) is 1. The minimum atomic E-state index is -0.305. The Labute approximate surface area is 162 Å². The first kappa shape index (κ1) is 17.5. The van der Waals surface area contributed by atoms with E-state index >= 15 is 0 Å². The Kier molecular flexibility index (Phi) is 4.33. The van der Waals surface area contributed by atoms with E-state index in [4.69, 9.17) is 0 Å². The zero-order chi connectivity index (χ0) is 19.1. The van der Waals surface area contributed by atoms with E-state index in [1.807, 2.05) is 31.5 Å². The molecule has 9 heteroatoms. The molecule has 0 aliphatic carbocycles. The Morgan fingerprint density at radius 2 is 2.04 bits per heavy atom. The Morgan fingerprint density at radius 1 is 1.22 bits per heavy atom. The molecule has 0 aliphatic heterocycles. The molecule has 4 heterocycles. The number of aryl methyl sites for hydroxylation is 2. The third-order valence-corrected chi connectivity index (χ3v) is 5.72. The van der Waals surface area contributed by atoms with Gasteiger partial charge in [0.15, 0.2) is 16.6 Å². The maximum absolute atomic E-state index is 13.0. The van der Waals surface area contributed by atoms with Gasteiger partial charge in [-0.2, -0.15) is 5.10 Å². The highest BCUT2D eigenvalue weighted by Crippen LogP contribution is 2.30. The van der Waals surface area contributed by atoms with Crippen LogP contribution in [0.1, 0.15) is 33.5 Å². The van der Waals surface area contributed by atoms with Crippen LogP contribution in [0.15, 0.2) is 29.0 Å². The molecule has 0 bridgehead atoms. The van der Waals surface area contributed by atoms with E-state index in [-0.39, 0.29) is 11.7 Å². The van der Waals surface area contributed by atoms with Gasteiger partial charge in [-0.15, -0.1) is 22.7 Å². The molecular formula is C18H15N5O2S2. The number of hydrogen-bond acceptors (Lipinski definition) is 7. The first-order chi connectivity index (χ1) is 12.9. The Bertz CT molecular complexity index is 1170. The fourth-order valence-electron chi connectivity index (χ4n) is 2.83. The number of amides is 1. The first-order valence-electron chi connectivity index (χ1n) is 8.10. The van der Waals surface area contributed by atoms with Crippen molar-refractivity contribution in [1.29, 1.82) is 0 Å². The van der Waals surface area contributed by atoms with Crippen molar-refractivity contribution in [3.8, 4) is 10.6 Å². The number of ketones is 1. The SMILES string of the molecule is CC(=O)c1csc(NC(=O)c2cc(-c3cccs3)nc3c2c(C)nn3C)n1. The molecule has 4 rings (SSSR count). The minimum absolute atomic E-state index is 0.138. The molecule has 0 atom stereocenters.